The number of para-hydroxylation sites is 1. The van der Waals surface area contributed by atoms with Gasteiger partial charge in [0, 0.05) is 16.5 Å². The summed E-state index contributed by atoms with van der Waals surface area (Å²) >= 11 is 0. The number of ether oxygens (including phenoxy) is 1. The minimum absolute atomic E-state index is 0.132. The number of amides is 1. The van der Waals surface area contributed by atoms with Crippen LogP contribution in [0, 0.1) is 0 Å². The van der Waals surface area contributed by atoms with Crippen LogP contribution in [0.4, 0.5) is 18.9 Å². The Hall–Kier alpha value is -3.95. The third kappa shape index (κ3) is 5.76. The molecule has 35 heavy (non-hydrogen) atoms. The van der Waals surface area contributed by atoms with Crippen LogP contribution in [0.5, 0.6) is 5.75 Å². The number of rotatable bonds is 7. The van der Waals surface area contributed by atoms with Crippen molar-refractivity contribution in [2.75, 3.05) is 18.5 Å². The van der Waals surface area contributed by atoms with Gasteiger partial charge in [0.05, 0.1) is 29.1 Å². The Balaban J connectivity index is 1.62. The van der Waals surface area contributed by atoms with Crippen LogP contribution in [0.25, 0.3) is 22.2 Å². The molecule has 0 unspecified atom stereocenters. The van der Waals surface area contributed by atoms with Gasteiger partial charge < -0.3 is 20.3 Å². The second-order valence-electron chi connectivity index (χ2n) is 7.78. The average molecular weight is 482 g/mol. The first-order valence-corrected chi connectivity index (χ1v) is 10.6. The molecular weight excluding hydrogens is 461 g/mol. The molecule has 0 aliphatic heterocycles. The summed E-state index contributed by atoms with van der Waals surface area (Å²) in [7, 11) is 0. The van der Waals surface area contributed by atoms with Crippen LogP contribution in [0.2, 0.25) is 0 Å². The molecule has 0 aliphatic rings. The van der Waals surface area contributed by atoms with Crippen LogP contribution in [-0.4, -0.2) is 40.4 Å². The third-order valence-electron chi connectivity index (χ3n) is 5.20. The highest BCUT2D eigenvalue weighted by atomic mass is 19.4. The van der Waals surface area contributed by atoms with Gasteiger partial charge in [-0.05, 0) is 42.5 Å². The molecule has 3 N–H and O–H groups in total. The lowest BCUT2D eigenvalue weighted by Crippen LogP contribution is -2.21. The molecule has 1 aromatic heterocycles. The number of carbonyl (C=O) groups is 1. The quantitative estimate of drug-likeness (QED) is 0.348. The Bertz CT molecular complexity index is 1360. The first-order chi connectivity index (χ1) is 16.7. The number of alkyl halides is 3. The molecule has 1 heterocycles. The van der Waals surface area contributed by atoms with Gasteiger partial charge in [-0.2, -0.15) is 13.2 Å². The molecular formula is C26H21F3N2O4. The first-order valence-electron chi connectivity index (χ1n) is 10.6. The fourth-order valence-electron chi connectivity index (χ4n) is 3.43. The highest BCUT2D eigenvalue weighted by Crippen LogP contribution is 2.33. The van der Waals surface area contributed by atoms with E-state index in [0.717, 1.165) is 12.1 Å². The van der Waals surface area contributed by atoms with Crippen LogP contribution < -0.4 is 10.1 Å². The van der Waals surface area contributed by atoms with E-state index in [4.69, 9.17) is 9.84 Å². The summed E-state index contributed by atoms with van der Waals surface area (Å²) in [6.07, 6.45) is -5.51. The lowest BCUT2D eigenvalue weighted by molar-refractivity contribution is -0.137. The lowest BCUT2D eigenvalue weighted by Gasteiger charge is -2.12. The number of aromatic nitrogens is 1. The Morgan fingerprint density at radius 3 is 2.54 bits per heavy atom. The number of pyridine rings is 1. The Kier molecular flexibility index (Phi) is 6.99. The number of nitrogens with one attached hydrogen (secondary N) is 1. The number of hydrogen-bond donors (Lipinski definition) is 3. The number of carbonyl (C=O) groups excluding carboxylic acids is 1. The summed E-state index contributed by atoms with van der Waals surface area (Å²) in [5.41, 5.74) is 0.970. The molecule has 9 heteroatoms. The zero-order chi connectivity index (χ0) is 25.0. The molecule has 0 spiro atoms. The van der Waals surface area contributed by atoms with Crippen molar-refractivity contribution in [3.63, 3.8) is 0 Å². The fourth-order valence-corrected chi connectivity index (χ4v) is 3.43. The van der Waals surface area contributed by atoms with Gasteiger partial charge >= 0.3 is 6.18 Å². The summed E-state index contributed by atoms with van der Waals surface area (Å²) in [6.45, 7) is -0.579. The minimum Gasteiger partial charge on any atom is -0.491 e. The Morgan fingerprint density at radius 2 is 1.77 bits per heavy atom. The van der Waals surface area contributed by atoms with Crippen molar-refractivity contribution < 1.29 is 32.9 Å². The second-order valence-corrected chi connectivity index (χ2v) is 7.78. The van der Waals surface area contributed by atoms with E-state index < -0.39 is 30.4 Å². The summed E-state index contributed by atoms with van der Waals surface area (Å²) < 4.78 is 44.8. The van der Waals surface area contributed by atoms with Crippen LogP contribution in [0.1, 0.15) is 15.9 Å². The van der Waals surface area contributed by atoms with Crippen molar-refractivity contribution >= 4 is 22.5 Å². The van der Waals surface area contributed by atoms with Crippen LogP contribution in [0.3, 0.4) is 0 Å². The van der Waals surface area contributed by atoms with Gasteiger partial charge in [0.25, 0.3) is 5.91 Å². The number of halogens is 3. The standard InChI is InChI=1S/C26H21F3N2O4/c27-26(28,29)19-7-1-5-17(12-19)22-11-10-16-4-3-9-23(24(16)30-22)31-25(34)18-6-2-8-21(13-18)35-15-20(33)14-32/h1-13,20,32-33H,14-15H2,(H,31,34)/t20-/m1/s1. The van der Waals surface area contributed by atoms with Crippen LogP contribution in [-0.2, 0) is 6.18 Å². The Labute approximate surface area is 198 Å². The average Bonchev–Trinajstić information content (AvgIpc) is 2.87. The molecule has 1 atom stereocenters. The van der Waals surface area contributed by atoms with E-state index in [2.05, 4.69) is 10.3 Å². The monoisotopic (exact) mass is 482 g/mol. The van der Waals surface area contributed by atoms with E-state index >= 15 is 0 Å². The lowest BCUT2D eigenvalue weighted by atomic mass is 10.1. The van der Waals surface area contributed by atoms with E-state index in [1.54, 1.807) is 54.6 Å². The van der Waals surface area contributed by atoms with E-state index in [1.165, 1.54) is 12.1 Å². The molecule has 3 aromatic carbocycles. The van der Waals surface area contributed by atoms with Gasteiger partial charge in [-0.25, -0.2) is 4.98 Å². The third-order valence-corrected chi connectivity index (χ3v) is 5.20. The zero-order valence-corrected chi connectivity index (χ0v) is 18.3. The molecule has 1 amide bonds. The van der Waals surface area contributed by atoms with E-state index in [-0.39, 0.29) is 12.2 Å². The molecule has 0 saturated heterocycles. The number of hydrogen-bond acceptors (Lipinski definition) is 5. The van der Waals surface area contributed by atoms with Crippen molar-refractivity contribution in [1.82, 2.24) is 4.98 Å². The molecule has 0 aliphatic carbocycles. The van der Waals surface area contributed by atoms with Crippen molar-refractivity contribution in [1.29, 1.82) is 0 Å². The summed E-state index contributed by atoms with van der Waals surface area (Å²) in [5.74, 6) is -0.107. The van der Waals surface area contributed by atoms with E-state index in [1.807, 2.05) is 0 Å². The molecule has 0 fully saturated rings. The topological polar surface area (TPSA) is 91.7 Å². The maximum absolute atomic E-state index is 13.1. The number of benzene rings is 3. The van der Waals surface area contributed by atoms with Gasteiger partial charge in [0.15, 0.2) is 0 Å². The van der Waals surface area contributed by atoms with Crippen LogP contribution >= 0.6 is 0 Å². The molecule has 0 bridgehead atoms. The van der Waals surface area contributed by atoms with Crippen molar-refractivity contribution in [2.45, 2.75) is 12.3 Å². The maximum atomic E-state index is 13.1. The Morgan fingerprint density at radius 1 is 1.00 bits per heavy atom. The predicted octanol–water partition coefficient (Wildman–Crippen LogP) is 4.90. The number of aliphatic hydroxyl groups is 2. The van der Waals surface area contributed by atoms with Gasteiger partial charge in [-0.1, -0.05) is 36.4 Å². The predicted molar refractivity (Wildman–Crippen MR) is 125 cm³/mol. The van der Waals surface area contributed by atoms with Gasteiger partial charge in [0.1, 0.15) is 18.5 Å². The normalized spacial score (nSPS) is 12.4. The SMILES string of the molecule is O=C(Nc1cccc2ccc(-c3cccc(C(F)(F)F)c3)nc12)c1cccc(OC[C@H](O)CO)c1. The van der Waals surface area contributed by atoms with E-state index in [9.17, 15) is 23.1 Å². The highest BCUT2D eigenvalue weighted by Gasteiger charge is 2.30. The number of nitrogens with zero attached hydrogens (tertiary/aromatic N) is 1. The fraction of sp³-hybridized carbons (Fsp3) is 0.154. The second kappa shape index (κ2) is 10.1. The van der Waals surface area contributed by atoms with Gasteiger partial charge in [-0.3, -0.25) is 4.79 Å². The zero-order valence-electron chi connectivity index (χ0n) is 18.3. The van der Waals surface area contributed by atoms with Gasteiger partial charge in [0.2, 0.25) is 0 Å². The molecule has 0 radical (unpaired) electrons. The van der Waals surface area contributed by atoms with Crippen molar-refractivity contribution in [3.05, 3.63) is 90.0 Å². The molecule has 180 valence electrons. The maximum Gasteiger partial charge on any atom is 0.416 e. The summed E-state index contributed by atoms with van der Waals surface area (Å²) in [6, 6.07) is 19.7. The van der Waals surface area contributed by atoms with E-state index in [0.29, 0.717) is 33.6 Å². The molecule has 4 aromatic rings. The molecule has 4 rings (SSSR count). The minimum atomic E-state index is -4.47. The number of anilines is 1. The largest absolute Gasteiger partial charge is 0.491 e. The summed E-state index contributed by atoms with van der Waals surface area (Å²) in [4.78, 5) is 17.4. The molecule has 6 nitrogen and oxygen atoms in total. The number of fused-ring (bicyclic) bond motifs is 1. The molecule has 0 saturated carbocycles. The van der Waals surface area contributed by atoms with Crippen molar-refractivity contribution in [3.8, 4) is 17.0 Å². The van der Waals surface area contributed by atoms with Crippen LogP contribution in [0.15, 0.2) is 78.9 Å². The smallest absolute Gasteiger partial charge is 0.416 e. The van der Waals surface area contributed by atoms with Crippen molar-refractivity contribution in [2.24, 2.45) is 0 Å². The summed E-state index contributed by atoms with van der Waals surface area (Å²) in [5, 5.41) is 21.8. The highest BCUT2D eigenvalue weighted by molar-refractivity contribution is 6.08. The number of aliphatic hydroxyl groups excluding tert-OH is 2. The van der Waals surface area contributed by atoms with Gasteiger partial charge in [-0.15, -0.1) is 0 Å². The first kappa shape index (κ1) is 24.2.